The molecule has 4 aromatic rings. The van der Waals surface area contributed by atoms with Crippen molar-refractivity contribution < 1.29 is 27.2 Å². The molecule has 0 unspecified atom stereocenters. The summed E-state index contributed by atoms with van der Waals surface area (Å²) in [5, 5.41) is 3.03. The Morgan fingerprint density at radius 2 is 1.70 bits per heavy atom. The van der Waals surface area contributed by atoms with Crippen molar-refractivity contribution in [1.29, 1.82) is 0 Å². The average molecular weight is 540 g/mol. The maximum atomic E-state index is 13.3. The highest BCUT2D eigenvalue weighted by Crippen LogP contribution is 2.26. The summed E-state index contributed by atoms with van der Waals surface area (Å²) in [7, 11) is -4.16. The second kappa shape index (κ2) is 11.3. The van der Waals surface area contributed by atoms with Gasteiger partial charge in [0.05, 0.1) is 24.1 Å². The zero-order chi connectivity index (χ0) is 26.4. The van der Waals surface area contributed by atoms with Crippen LogP contribution in [0.4, 0.5) is 11.4 Å². The molecule has 1 heterocycles. The number of nitrogens with one attached hydrogen (secondary N) is 2. The lowest BCUT2D eigenvalue weighted by molar-refractivity contribution is -0.142. The summed E-state index contributed by atoms with van der Waals surface area (Å²) in [5.74, 6) is -1.05. The van der Waals surface area contributed by atoms with Gasteiger partial charge in [-0.3, -0.25) is 14.3 Å². The van der Waals surface area contributed by atoms with Crippen LogP contribution >= 0.6 is 11.6 Å². The topological polar surface area (TPSA) is 128 Å². The third-order valence-corrected chi connectivity index (χ3v) is 6.82. The highest BCUT2D eigenvalue weighted by atomic mass is 35.5. The number of oxazole rings is 1. The number of anilines is 2. The third-order valence-electron chi connectivity index (χ3n) is 5.11. The Kier molecular flexibility index (Phi) is 7.90. The van der Waals surface area contributed by atoms with Gasteiger partial charge in [0, 0.05) is 22.0 Å². The summed E-state index contributed by atoms with van der Waals surface area (Å²) >= 11 is 5.89. The first-order valence-corrected chi connectivity index (χ1v) is 13.0. The number of hydrogen-bond acceptors (Lipinski definition) is 7. The fraction of sp³-hybridized carbons (Fsp3) is 0.115. The molecule has 3 aromatic carbocycles. The molecule has 1 aromatic heterocycles. The second-order valence-electron chi connectivity index (χ2n) is 7.77. The minimum atomic E-state index is -4.16. The summed E-state index contributed by atoms with van der Waals surface area (Å²) in [6.45, 7) is 1.81. The zero-order valence-corrected chi connectivity index (χ0v) is 21.2. The number of halogens is 1. The number of benzene rings is 3. The van der Waals surface area contributed by atoms with Crippen molar-refractivity contribution in [3.8, 4) is 11.3 Å². The molecule has 0 aliphatic heterocycles. The van der Waals surface area contributed by atoms with E-state index < -0.39 is 21.9 Å². The number of carbonyl (C=O) groups is 2. The average Bonchev–Trinajstić information content (AvgIpc) is 3.38. The predicted octanol–water partition coefficient (Wildman–Crippen LogP) is 5.15. The van der Waals surface area contributed by atoms with E-state index >= 15 is 0 Å². The van der Waals surface area contributed by atoms with Gasteiger partial charge in [-0.05, 0) is 48.9 Å². The van der Waals surface area contributed by atoms with E-state index in [2.05, 4.69) is 15.0 Å². The van der Waals surface area contributed by atoms with Gasteiger partial charge in [-0.15, -0.1) is 0 Å². The fourth-order valence-electron chi connectivity index (χ4n) is 3.42. The van der Waals surface area contributed by atoms with Crippen LogP contribution < -0.4 is 10.0 Å². The van der Waals surface area contributed by atoms with Crippen LogP contribution in [0.3, 0.4) is 0 Å². The molecule has 0 atom stereocenters. The number of hydrogen-bond donors (Lipinski definition) is 2. The van der Waals surface area contributed by atoms with E-state index in [1.807, 2.05) is 30.3 Å². The van der Waals surface area contributed by atoms with Crippen LogP contribution in [-0.4, -0.2) is 31.9 Å². The van der Waals surface area contributed by atoms with E-state index in [0.29, 0.717) is 10.8 Å². The fourth-order valence-corrected chi connectivity index (χ4v) is 4.87. The summed E-state index contributed by atoms with van der Waals surface area (Å²) in [4.78, 5) is 28.7. The molecule has 4 rings (SSSR count). The molecule has 9 nitrogen and oxygen atoms in total. The summed E-state index contributed by atoms with van der Waals surface area (Å²) < 4.78 is 39.6. The Labute approximate surface area is 218 Å². The van der Waals surface area contributed by atoms with Crippen molar-refractivity contribution in [2.45, 2.75) is 18.2 Å². The maximum Gasteiger partial charge on any atom is 0.311 e. The lowest BCUT2D eigenvalue weighted by Crippen LogP contribution is -2.18. The molecule has 0 bridgehead atoms. The minimum absolute atomic E-state index is 0.152. The molecular weight excluding hydrogens is 518 g/mol. The highest BCUT2D eigenvalue weighted by molar-refractivity contribution is 7.92. The normalized spacial score (nSPS) is 11.1. The molecule has 2 N–H and O–H groups in total. The van der Waals surface area contributed by atoms with Gasteiger partial charge in [0.15, 0.2) is 5.76 Å². The molecule has 0 aliphatic rings. The number of amides is 1. The van der Waals surface area contributed by atoms with Crippen LogP contribution in [0.1, 0.15) is 23.2 Å². The Balaban J connectivity index is 1.61. The van der Waals surface area contributed by atoms with E-state index in [9.17, 15) is 18.0 Å². The Morgan fingerprint density at radius 1 is 1.00 bits per heavy atom. The van der Waals surface area contributed by atoms with Gasteiger partial charge in [0.2, 0.25) is 0 Å². The van der Waals surface area contributed by atoms with Crippen molar-refractivity contribution in [3.05, 3.63) is 95.5 Å². The van der Waals surface area contributed by atoms with Crippen LogP contribution in [0.5, 0.6) is 0 Å². The Hall–Kier alpha value is -4.15. The predicted molar refractivity (Wildman–Crippen MR) is 139 cm³/mol. The lowest BCUT2D eigenvalue weighted by Gasteiger charge is -2.14. The second-order valence-corrected chi connectivity index (χ2v) is 9.85. The zero-order valence-electron chi connectivity index (χ0n) is 19.6. The van der Waals surface area contributed by atoms with Gasteiger partial charge in [-0.2, -0.15) is 0 Å². The number of esters is 1. The molecule has 0 spiro atoms. The van der Waals surface area contributed by atoms with E-state index in [4.69, 9.17) is 20.8 Å². The monoisotopic (exact) mass is 539 g/mol. The van der Waals surface area contributed by atoms with Crippen LogP contribution in [0, 0.1) is 0 Å². The summed E-state index contributed by atoms with van der Waals surface area (Å²) in [6, 6.07) is 19.4. The van der Waals surface area contributed by atoms with Gasteiger partial charge < -0.3 is 14.5 Å². The summed E-state index contributed by atoms with van der Waals surface area (Å²) in [6.07, 6.45) is 1.15. The number of aromatic nitrogens is 1. The molecule has 0 saturated heterocycles. The number of ether oxygens (including phenoxy) is 1. The molecule has 0 aliphatic carbocycles. The smallest absolute Gasteiger partial charge is 0.311 e. The standard InChI is InChI=1S/C26H22ClN3O6S/c1-2-35-24(31)14-18-8-11-21(15-23(18)37(33,34)30-20-12-9-19(27)10-13-20)29-25(32)26-28-16-22(36-26)17-6-4-3-5-7-17/h3-13,15-16,30H,2,14H2,1H3,(H,29,32). The molecule has 0 saturated carbocycles. The Bertz CT molecular complexity index is 1520. The van der Waals surface area contributed by atoms with Crippen LogP contribution in [0.25, 0.3) is 11.3 Å². The lowest BCUT2D eigenvalue weighted by atomic mass is 10.1. The molecular formula is C26H22ClN3O6S. The van der Waals surface area contributed by atoms with Crippen molar-refractivity contribution in [2.24, 2.45) is 0 Å². The molecule has 0 radical (unpaired) electrons. The first-order valence-electron chi connectivity index (χ1n) is 11.1. The SMILES string of the molecule is CCOC(=O)Cc1ccc(NC(=O)c2ncc(-c3ccccc3)o2)cc1S(=O)(=O)Nc1ccc(Cl)cc1. The van der Waals surface area contributed by atoms with Gasteiger partial charge in [-0.25, -0.2) is 13.4 Å². The van der Waals surface area contributed by atoms with E-state index in [1.165, 1.54) is 48.7 Å². The van der Waals surface area contributed by atoms with Crippen molar-refractivity contribution >= 4 is 44.9 Å². The van der Waals surface area contributed by atoms with E-state index in [-0.39, 0.29) is 40.8 Å². The van der Waals surface area contributed by atoms with Gasteiger partial charge in [-0.1, -0.05) is 48.0 Å². The largest absolute Gasteiger partial charge is 0.466 e. The molecule has 0 fully saturated rings. The molecule has 1 amide bonds. The number of nitrogens with zero attached hydrogens (tertiary/aromatic N) is 1. The Morgan fingerprint density at radius 3 is 2.41 bits per heavy atom. The number of carbonyl (C=O) groups excluding carboxylic acids is 2. The van der Waals surface area contributed by atoms with Crippen LogP contribution in [-0.2, 0) is 26.0 Å². The van der Waals surface area contributed by atoms with E-state index in [1.54, 1.807) is 6.92 Å². The van der Waals surface area contributed by atoms with Gasteiger partial charge in [0.1, 0.15) is 0 Å². The number of rotatable bonds is 9. The minimum Gasteiger partial charge on any atom is -0.466 e. The molecule has 190 valence electrons. The quantitative estimate of drug-likeness (QED) is 0.281. The number of sulfonamides is 1. The third kappa shape index (κ3) is 6.54. The van der Waals surface area contributed by atoms with E-state index in [0.717, 1.165) is 5.56 Å². The van der Waals surface area contributed by atoms with Crippen LogP contribution in [0.15, 0.2) is 88.3 Å². The first-order chi connectivity index (χ1) is 17.7. The van der Waals surface area contributed by atoms with Gasteiger partial charge in [0.25, 0.3) is 15.9 Å². The molecule has 11 heteroatoms. The molecule has 37 heavy (non-hydrogen) atoms. The highest BCUT2D eigenvalue weighted by Gasteiger charge is 2.23. The van der Waals surface area contributed by atoms with Crippen LogP contribution in [0.2, 0.25) is 5.02 Å². The van der Waals surface area contributed by atoms with Crippen molar-refractivity contribution in [3.63, 3.8) is 0 Å². The van der Waals surface area contributed by atoms with Crippen molar-refractivity contribution in [2.75, 3.05) is 16.6 Å². The van der Waals surface area contributed by atoms with Gasteiger partial charge >= 0.3 is 11.9 Å². The first kappa shape index (κ1) is 25.9. The summed E-state index contributed by atoms with van der Waals surface area (Å²) in [5.41, 5.74) is 1.38. The van der Waals surface area contributed by atoms with Crippen molar-refractivity contribution in [1.82, 2.24) is 4.98 Å². The maximum absolute atomic E-state index is 13.3.